The number of aryl methyl sites for hydroxylation is 1. The maximum Gasteiger partial charge on any atom is 0.341 e. The minimum atomic E-state index is -0.474. The second-order valence-corrected chi connectivity index (χ2v) is 10.6. The van der Waals surface area contributed by atoms with Gasteiger partial charge in [0.05, 0.1) is 12.4 Å². The minimum Gasteiger partial charge on any atom is -0.483 e. The van der Waals surface area contributed by atoms with E-state index in [0.29, 0.717) is 32.3 Å². The van der Waals surface area contributed by atoms with E-state index in [2.05, 4.69) is 15.5 Å². The third kappa shape index (κ3) is 6.38. The van der Waals surface area contributed by atoms with E-state index in [-0.39, 0.29) is 24.4 Å². The van der Waals surface area contributed by atoms with Crippen LogP contribution < -0.4 is 10.1 Å². The van der Waals surface area contributed by atoms with Crippen LogP contribution in [0.5, 0.6) is 5.75 Å². The first kappa shape index (κ1) is 27.7. The highest BCUT2D eigenvalue weighted by Crippen LogP contribution is 2.36. The first-order valence-electron chi connectivity index (χ1n) is 11.9. The number of carbonyl (C=O) groups excluding carboxylic acids is 2. The molecule has 0 radical (unpaired) electrons. The Morgan fingerprint density at radius 1 is 1.18 bits per heavy atom. The van der Waals surface area contributed by atoms with Crippen LogP contribution in [-0.2, 0) is 16.6 Å². The second-order valence-electron chi connectivity index (χ2n) is 8.35. The highest BCUT2D eigenvalue weighted by atomic mass is 35.5. The molecule has 1 atom stereocenters. The quantitative estimate of drug-likeness (QED) is 0.170. The molecule has 4 aromatic rings. The van der Waals surface area contributed by atoms with Gasteiger partial charge in [-0.1, -0.05) is 53.7 Å². The Morgan fingerprint density at radius 2 is 1.95 bits per heavy atom. The highest BCUT2D eigenvalue weighted by molar-refractivity contribution is 7.99. The van der Waals surface area contributed by atoms with Crippen LogP contribution in [0.25, 0.3) is 11.1 Å². The van der Waals surface area contributed by atoms with Crippen LogP contribution in [0.2, 0.25) is 5.02 Å². The number of thiophene rings is 1. The van der Waals surface area contributed by atoms with Crippen LogP contribution in [0.4, 0.5) is 5.00 Å². The zero-order valence-corrected chi connectivity index (χ0v) is 23.7. The maximum absolute atomic E-state index is 12.8. The Bertz CT molecular complexity index is 1440. The molecule has 0 spiro atoms. The summed E-state index contributed by atoms with van der Waals surface area (Å²) in [6, 6.07) is 15.0. The van der Waals surface area contributed by atoms with Gasteiger partial charge in [-0.3, -0.25) is 4.79 Å². The van der Waals surface area contributed by atoms with Gasteiger partial charge in [-0.2, -0.15) is 0 Å². The molecule has 0 aliphatic heterocycles. The van der Waals surface area contributed by atoms with E-state index in [1.165, 1.54) is 23.1 Å². The number of halogens is 1. The predicted octanol–water partition coefficient (Wildman–Crippen LogP) is 6.55. The predicted molar refractivity (Wildman–Crippen MR) is 151 cm³/mol. The molecule has 4 rings (SSSR count). The summed E-state index contributed by atoms with van der Waals surface area (Å²) in [6.45, 7) is 5.78. The van der Waals surface area contributed by atoms with Gasteiger partial charge in [0, 0.05) is 23.0 Å². The van der Waals surface area contributed by atoms with Crippen molar-refractivity contribution >= 4 is 51.6 Å². The summed E-state index contributed by atoms with van der Waals surface area (Å²) in [5, 5.41) is 14.9. The number of ether oxygens (including phenoxy) is 2. The van der Waals surface area contributed by atoms with Gasteiger partial charge in [-0.05, 0) is 50.1 Å². The van der Waals surface area contributed by atoms with E-state index >= 15 is 0 Å². The fourth-order valence-electron chi connectivity index (χ4n) is 3.73. The molecule has 0 aliphatic rings. The number of amides is 1. The minimum absolute atomic E-state index is 0.0818. The fraction of sp³-hybridized carbons (Fsp3) is 0.259. The summed E-state index contributed by atoms with van der Waals surface area (Å²) in [5.41, 5.74) is 2.87. The van der Waals surface area contributed by atoms with E-state index in [1.54, 1.807) is 23.6 Å². The molecule has 0 bridgehead atoms. The summed E-state index contributed by atoms with van der Waals surface area (Å²) >= 11 is 8.63. The molecule has 1 N–H and O–H groups in total. The molecule has 0 saturated carbocycles. The van der Waals surface area contributed by atoms with Gasteiger partial charge >= 0.3 is 5.97 Å². The summed E-state index contributed by atoms with van der Waals surface area (Å²) in [4.78, 5) is 25.6. The van der Waals surface area contributed by atoms with E-state index in [4.69, 9.17) is 21.1 Å². The van der Waals surface area contributed by atoms with Gasteiger partial charge in [0.2, 0.25) is 5.91 Å². The summed E-state index contributed by atoms with van der Waals surface area (Å²) in [6.07, 6.45) is -0.370. The molecule has 2 heterocycles. The van der Waals surface area contributed by atoms with Crippen LogP contribution in [0.1, 0.15) is 41.7 Å². The zero-order valence-electron chi connectivity index (χ0n) is 21.4. The largest absolute Gasteiger partial charge is 0.483 e. The molecular formula is C27H27ClN4O4S2. The molecule has 11 heteroatoms. The lowest BCUT2D eigenvalue weighted by atomic mass is 10.0. The van der Waals surface area contributed by atoms with Gasteiger partial charge in [-0.25, -0.2) is 4.79 Å². The van der Waals surface area contributed by atoms with Crippen LogP contribution >= 0.6 is 34.7 Å². The Labute approximate surface area is 234 Å². The first-order valence-corrected chi connectivity index (χ1v) is 14.1. The topological polar surface area (TPSA) is 95.3 Å². The number of esters is 1. The second kappa shape index (κ2) is 12.5. The molecule has 1 unspecified atom stereocenters. The van der Waals surface area contributed by atoms with E-state index in [1.807, 2.05) is 62.7 Å². The molecular weight excluding hydrogens is 544 g/mol. The number of benzene rings is 2. The van der Waals surface area contributed by atoms with Crippen molar-refractivity contribution in [3.8, 4) is 16.9 Å². The van der Waals surface area contributed by atoms with E-state index in [9.17, 15) is 9.59 Å². The van der Waals surface area contributed by atoms with Crippen molar-refractivity contribution < 1.29 is 19.1 Å². The molecule has 0 aliphatic carbocycles. The van der Waals surface area contributed by atoms with Crippen molar-refractivity contribution in [1.82, 2.24) is 14.8 Å². The number of nitrogens with zero attached hydrogens (tertiary/aromatic N) is 3. The third-order valence-corrected chi connectivity index (χ3v) is 7.95. The van der Waals surface area contributed by atoms with Crippen LogP contribution in [0.3, 0.4) is 0 Å². The number of hydrogen-bond acceptors (Lipinski definition) is 8. The Hall–Kier alpha value is -3.34. The van der Waals surface area contributed by atoms with Crippen molar-refractivity contribution in [1.29, 1.82) is 0 Å². The van der Waals surface area contributed by atoms with Gasteiger partial charge in [-0.15, -0.1) is 21.5 Å². The number of hydrogen-bond donors (Lipinski definition) is 1. The van der Waals surface area contributed by atoms with Gasteiger partial charge in [0.1, 0.15) is 16.3 Å². The molecule has 2 aromatic carbocycles. The van der Waals surface area contributed by atoms with Gasteiger partial charge in [0.25, 0.3) is 0 Å². The van der Waals surface area contributed by atoms with Crippen molar-refractivity contribution in [2.24, 2.45) is 7.05 Å². The number of aromatic nitrogens is 3. The van der Waals surface area contributed by atoms with Crippen molar-refractivity contribution in [3.05, 3.63) is 75.9 Å². The lowest BCUT2D eigenvalue weighted by Gasteiger charge is -2.15. The lowest BCUT2D eigenvalue weighted by molar-refractivity contribution is -0.113. The SMILES string of the molecule is CCOC(=O)c1c(-c2ccccc2)csc1NC(=O)CSc1nnc(C(C)Oc2ccc(Cl)c(C)c2)n1C. The molecule has 198 valence electrons. The van der Waals surface area contributed by atoms with Crippen LogP contribution in [0.15, 0.2) is 59.1 Å². The highest BCUT2D eigenvalue weighted by Gasteiger charge is 2.23. The summed E-state index contributed by atoms with van der Waals surface area (Å²) < 4.78 is 13.1. The van der Waals surface area contributed by atoms with Crippen LogP contribution in [0, 0.1) is 6.92 Å². The lowest BCUT2D eigenvalue weighted by Crippen LogP contribution is -2.17. The number of carbonyl (C=O) groups is 2. The van der Waals surface area contributed by atoms with Crippen molar-refractivity contribution in [2.45, 2.75) is 32.0 Å². The third-order valence-electron chi connectivity index (χ3n) is 5.62. The molecule has 1 amide bonds. The molecule has 38 heavy (non-hydrogen) atoms. The average molecular weight is 571 g/mol. The molecule has 0 fully saturated rings. The Kier molecular flexibility index (Phi) is 9.09. The maximum atomic E-state index is 12.8. The van der Waals surface area contributed by atoms with Gasteiger partial charge < -0.3 is 19.4 Å². The Morgan fingerprint density at radius 3 is 2.66 bits per heavy atom. The number of anilines is 1. The molecule has 2 aromatic heterocycles. The normalized spacial score (nSPS) is 11.7. The van der Waals surface area contributed by atoms with Crippen molar-refractivity contribution in [2.75, 3.05) is 17.7 Å². The Balaban J connectivity index is 1.42. The standard InChI is InChI=1S/C27H27ClN4O4S2/c1-5-35-26(34)23-20(18-9-7-6-8-10-18)14-37-25(23)29-22(33)15-38-27-31-30-24(32(27)4)17(3)36-19-11-12-21(28)16(2)13-19/h6-14,17H,5,15H2,1-4H3,(H,29,33). The zero-order chi connectivity index (χ0) is 27.2. The number of rotatable bonds is 10. The number of thioether (sulfide) groups is 1. The number of nitrogens with one attached hydrogen (secondary N) is 1. The van der Waals surface area contributed by atoms with Crippen LogP contribution in [-0.4, -0.2) is 39.0 Å². The summed E-state index contributed by atoms with van der Waals surface area (Å²) in [7, 11) is 1.83. The van der Waals surface area contributed by atoms with Crippen molar-refractivity contribution in [3.63, 3.8) is 0 Å². The first-order chi connectivity index (χ1) is 18.3. The smallest absolute Gasteiger partial charge is 0.341 e. The fourth-order valence-corrected chi connectivity index (χ4v) is 5.54. The molecule has 0 saturated heterocycles. The summed E-state index contributed by atoms with van der Waals surface area (Å²) in [5.74, 6) is 0.638. The average Bonchev–Trinajstić information content (AvgIpc) is 3.49. The van der Waals surface area contributed by atoms with Gasteiger partial charge in [0.15, 0.2) is 17.1 Å². The monoisotopic (exact) mass is 570 g/mol. The van der Waals surface area contributed by atoms with E-state index in [0.717, 1.165) is 16.7 Å². The van der Waals surface area contributed by atoms with E-state index < -0.39 is 5.97 Å². The molecule has 8 nitrogen and oxygen atoms in total.